The van der Waals surface area contributed by atoms with E-state index < -0.39 is 0 Å². The third-order valence-corrected chi connectivity index (χ3v) is 4.08. The lowest BCUT2D eigenvalue weighted by Crippen LogP contribution is -2.43. The molecule has 1 aliphatic rings. The van der Waals surface area contributed by atoms with Crippen molar-refractivity contribution in [2.24, 2.45) is 0 Å². The fraction of sp³-hybridized carbons (Fsp3) is 0.333. The van der Waals surface area contributed by atoms with Crippen LogP contribution in [0.3, 0.4) is 0 Å². The molecule has 0 unspecified atom stereocenters. The van der Waals surface area contributed by atoms with Gasteiger partial charge < -0.3 is 0 Å². The molecule has 0 atom stereocenters. The molecule has 1 heterocycles. The number of benzene rings is 1. The molecule has 1 saturated heterocycles. The highest BCUT2D eigenvalue weighted by molar-refractivity contribution is 9.10. The standard InChI is InChI=1S/C12H12BrNO2S/c1-7-3-8(2)12(9(13)4-7)14-10(15)5-17-6-11(14)16/h3-4H,5-6H2,1-2H3. The maximum atomic E-state index is 11.9. The Morgan fingerprint density at radius 3 is 2.29 bits per heavy atom. The van der Waals surface area contributed by atoms with E-state index in [0.29, 0.717) is 17.2 Å². The molecule has 0 N–H and O–H groups in total. The summed E-state index contributed by atoms with van der Waals surface area (Å²) < 4.78 is 0.795. The van der Waals surface area contributed by atoms with Gasteiger partial charge in [-0.1, -0.05) is 6.07 Å². The van der Waals surface area contributed by atoms with E-state index in [4.69, 9.17) is 0 Å². The van der Waals surface area contributed by atoms with Gasteiger partial charge in [0.2, 0.25) is 11.8 Å². The molecule has 0 radical (unpaired) electrons. The minimum absolute atomic E-state index is 0.140. The Hall–Kier alpha value is -0.810. The van der Waals surface area contributed by atoms with Crippen LogP contribution in [0.2, 0.25) is 0 Å². The van der Waals surface area contributed by atoms with Gasteiger partial charge in [-0.15, -0.1) is 11.8 Å². The average Bonchev–Trinajstić information content (AvgIpc) is 2.21. The van der Waals surface area contributed by atoms with Crippen molar-refractivity contribution in [1.82, 2.24) is 0 Å². The fourth-order valence-corrected chi connectivity index (χ4v) is 3.50. The minimum Gasteiger partial charge on any atom is -0.273 e. The van der Waals surface area contributed by atoms with Crippen LogP contribution in [0, 0.1) is 13.8 Å². The van der Waals surface area contributed by atoms with Crippen molar-refractivity contribution in [3.8, 4) is 0 Å². The lowest BCUT2D eigenvalue weighted by atomic mass is 10.1. The molecular formula is C12H12BrNO2S. The predicted octanol–water partition coefficient (Wildman–Crippen LogP) is 2.67. The van der Waals surface area contributed by atoms with Gasteiger partial charge in [-0.3, -0.25) is 9.59 Å². The van der Waals surface area contributed by atoms with Crippen LogP contribution in [0.25, 0.3) is 0 Å². The molecule has 0 saturated carbocycles. The van der Waals surface area contributed by atoms with E-state index in [2.05, 4.69) is 15.9 Å². The first-order chi connectivity index (χ1) is 8.00. The van der Waals surface area contributed by atoms with Crippen LogP contribution in [0.5, 0.6) is 0 Å². The van der Waals surface area contributed by atoms with Gasteiger partial charge >= 0.3 is 0 Å². The lowest BCUT2D eigenvalue weighted by Gasteiger charge is -2.27. The highest BCUT2D eigenvalue weighted by atomic mass is 79.9. The summed E-state index contributed by atoms with van der Waals surface area (Å²) in [5.74, 6) is 0.453. The van der Waals surface area contributed by atoms with Crippen LogP contribution in [-0.2, 0) is 9.59 Å². The predicted molar refractivity (Wildman–Crippen MR) is 73.4 cm³/mol. The molecule has 0 aromatic heterocycles. The van der Waals surface area contributed by atoms with E-state index in [-0.39, 0.29) is 11.8 Å². The summed E-state index contributed by atoms with van der Waals surface area (Å²) >= 11 is 4.80. The van der Waals surface area contributed by atoms with E-state index in [0.717, 1.165) is 15.6 Å². The second-order valence-corrected chi connectivity index (χ2v) is 5.87. The number of carbonyl (C=O) groups excluding carboxylic acids is 2. The first-order valence-corrected chi connectivity index (χ1v) is 7.15. The number of rotatable bonds is 1. The summed E-state index contributed by atoms with van der Waals surface area (Å²) in [5.41, 5.74) is 2.72. The molecule has 17 heavy (non-hydrogen) atoms. The number of aryl methyl sites for hydroxylation is 2. The second kappa shape index (κ2) is 4.82. The molecule has 0 aliphatic carbocycles. The van der Waals surface area contributed by atoms with Crippen molar-refractivity contribution in [1.29, 1.82) is 0 Å². The molecule has 3 nitrogen and oxygen atoms in total. The van der Waals surface area contributed by atoms with Crippen molar-refractivity contribution in [2.75, 3.05) is 16.4 Å². The van der Waals surface area contributed by atoms with E-state index in [1.165, 1.54) is 16.7 Å². The van der Waals surface area contributed by atoms with Crippen molar-refractivity contribution >= 4 is 45.2 Å². The molecule has 2 amide bonds. The summed E-state index contributed by atoms with van der Waals surface area (Å²) in [5, 5.41) is 0. The number of carbonyl (C=O) groups is 2. The molecule has 1 fully saturated rings. The molecule has 5 heteroatoms. The third kappa shape index (κ3) is 2.40. The number of hydrogen-bond donors (Lipinski definition) is 0. The first kappa shape index (κ1) is 12.6. The van der Waals surface area contributed by atoms with Crippen LogP contribution in [0.1, 0.15) is 11.1 Å². The number of amides is 2. The van der Waals surface area contributed by atoms with Crippen LogP contribution in [-0.4, -0.2) is 23.3 Å². The molecule has 90 valence electrons. The first-order valence-electron chi connectivity index (χ1n) is 5.21. The highest BCUT2D eigenvalue weighted by Crippen LogP contribution is 2.33. The van der Waals surface area contributed by atoms with E-state index in [9.17, 15) is 9.59 Å². The SMILES string of the molecule is Cc1cc(C)c(N2C(=O)CSCC2=O)c(Br)c1. The summed E-state index contributed by atoms with van der Waals surface area (Å²) in [6, 6.07) is 3.90. The molecule has 2 rings (SSSR count). The van der Waals surface area contributed by atoms with Crippen molar-refractivity contribution in [2.45, 2.75) is 13.8 Å². The van der Waals surface area contributed by atoms with Crippen LogP contribution in [0.4, 0.5) is 5.69 Å². The Bertz CT molecular complexity index is 462. The zero-order valence-corrected chi connectivity index (χ0v) is 12.0. The Morgan fingerprint density at radius 1 is 1.18 bits per heavy atom. The largest absolute Gasteiger partial charge is 0.273 e. The second-order valence-electron chi connectivity index (χ2n) is 4.03. The monoisotopic (exact) mass is 313 g/mol. The Kier molecular flexibility index (Phi) is 3.58. The summed E-state index contributed by atoms with van der Waals surface area (Å²) in [6.45, 7) is 3.90. The van der Waals surface area contributed by atoms with Crippen molar-refractivity contribution in [3.05, 3.63) is 27.7 Å². The summed E-state index contributed by atoms with van der Waals surface area (Å²) in [7, 11) is 0. The van der Waals surface area contributed by atoms with Gasteiger partial charge in [-0.05, 0) is 47.0 Å². The topological polar surface area (TPSA) is 37.4 Å². The fourth-order valence-electron chi connectivity index (χ4n) is 1.93. The van der Waals surface area contributed by atoms with Gasteiger partial charge in [0.25, 0.3) is 0 Å². The number of imide groups is 1. The number of hydrogen-bond acceptors (Lipinski definition) is 3. The number of anilines is 1. The maximum absolute atomic E-state index is 11.9. The average molecular weight is 314 g/mol. The molecular weight excluding hydrogens is 302 g/mol. The smallest absolute Gasteiger partial charge is 0.243 e. The highest BCUT2D eigenvalue weighted by Gasteiger charge is 2.30. The molecule has 0 spiro atoms. The van der Waals surface area contributed by atoms with Gasteiger partial charge in [0, 0.05) is 4.47 Å². The zero-order chi connectivity index (χ0) is 12.6. The van der Waals surface area contributed by atoms with Gasteiger partial charge in [-0.25, -0.2) is 4.90 Å². The molecule has 1 aliphatic heterocycles. The molecule has 1 aromatic rings. The van der Waals surface area contributed by atoms with Crippen LogP contribution in [0.15, 0.2) is 16.6 Å². The van der Waals surface area contributed by atoms with Gasteiger partial charge in [0.05, 0.1) is 17.2 Å². The van der Waals surface area contributed by atoms with E-state index in [1.807, 2.05) is 26.0 Å². The van der Waals surface area contributed by atoms with Gasteiger partial charge in [0.15, 0.2) is 0 Å². The van der Waals surface area contributed by atoms with Gasteiger partial charge in [0.1, 0.15) is 0 Å². The Morgan fingerprint density at radius 2 is 1.76 bits per heavy atom. The van der Waals surface area contributed by atoms with Gasteiger partial charge in [-0.2, -0.15) is 0 Å². The Labute approximate surface area is 113 Å². The maximum Gasteiger partial charge on any atom is 0.243 e. The summed E-state index contributed by atoms with van der Waals surface area (Å²) in [6.07, 6.45) is 0. The van der Waals surface area contributed by atoms with E-state index >= 15 is 0 Å². The number of halogens is 1. The zero-order valence-electron chi connectivity index (χ0n) is 9.62. The van der Waals surface area contributed by atoms with E-state index in [1.54, 1.807) is 0 Å². The van der Waals surface area contributed by atoms with Crippen molar-refractivity contribution < 1.29 is 9.59 Å². The summed E-state index contributed by atoms with van der Waals surface area (Å²) in [4.78, 5) is 25.0. The molecule has 1 aromatic carbocycles. The number of thioether (sulfide) groups is 1. The third-order valence-electron chi connectivity index (χ3n) is 2.57. The molecule has 0 bridgehead atoms. The quantitative estimate of drug-likeness (QED) is 0.748. The lowest BCUT2D eigenvalue weighted by molar-refractivity contribution is -0.124. The normalized spacial score (nSPS) is 16.5. The van der Waals surface area contributed by atoms with Crippen LogP contribution < -0.4 is 4.90 Å². The Balaban J connectivity index is 2.52. The van der Waals surface area contributed by atoms with Crippen molar-refractivity contribution in [3.63, 3.8) is 0 Å². The van der Waals surface area contributed by atoms with Crippen LogP contribution >= 0.6 is 27.7 Å². The minimum atomic E-state index is -0.140. The number of nitrogens with zero attached hydrogens (tertiary/aromatic N) is 1.